The second-order valence-corrected chi connectivity index (χ2v) is 23.6. The molecule has 0 radical (unpaired) electrons. The third kappa shape index (κ3) is 12.9. The fourth-order valence-electron chi connectivity index (χ4n) is 8.82. The lowest BCUT2D eigenvalue weighted by Crippen LogP contribution is -2.41. The predicted molar refractivity (Wildman–Crippen MR) is 279 cm³/mol. The third-order valence-electron chi connectivity index (χ3n) is 14.8. The summed E-state index contributed by atoms with van der Waals surface area (Å²) in [4.78, 5) is 24.6. The molecule has 0 atom stereocenters. The molecule has 0 spiro atoms. The van der Waals surface area contributed by atoms with Crippen molar-refractivity contribution >= 4 is 34.3 Å². The van der Waals surface area contributed by atoms with Crippen LogP contribution in [0.5, 0.6) is 17.2 Å². The normalized spacial score (nSPS) is 15.2. The molecule has 0 saturated carbocycles. The molecular weight excluding hydrogens is 928 g/mol. The van der Waals surface area contributed by atoms with Gasteiger partial charge in [-0.05, 0) is 144 Å². The molecule has 1 saturated heterocycles. The van der Waals surface area contributed by atoms with E-state index in [-0.39, 0.29) is 59.8 Å². The van der Waals surface area contributed by atoms with Crippen molar-refractivity contribution in [2.24, 2.45) is 10.8 Å². The molecule has 5 rings (SSSR count). The van der Waals surface area contributed by atoms with Crippen molar-refractivity contribution in [1.29, 1.82) is 0 Å². The van der Waals surface area contributed by atoms with Gasteiger partial charge in [0.15, 0.2) is 11.6 Å². The van der Waals surface area contributed by atoms with Gasteiger partial charge in [0.1, 0.15) is 30.5 Å². The average Bonchev–Trinajstić information content (AvgIpc) is 3.49. The standard InChI is InChI=1S/C31H45BO4.C26H33F3O5S/c1-12-31(13-2,24-15-17-26(22(4)19-24)34-20-27(33)28(5,6)7)23-14-16-25(21(3)18-23)32-35-29(8,9)30(10,11)36-32;1-8-25(9-2,19-10-12-21(17(3)14-19)33-16-23(30)24(5,6)7)20-11-13-22(18(4)15-20)34-35(31,32)26(27,28)29/h14-19H,12-13,20H2,1-11H3;10-15H,8-9,16H2,1-7H3. The maximum Gasteiger partial charge on any atom is 0.534 e. The Morgan fingerprint density at radius 3 is 1.13 bits per heavy atom. The van der Waals surface area contributed by atoms with Crippen molar-refractivity contribution in [2.75, 3.05) is 13.2 Å². The summed E-state index contributed by atoms with van der Waals surface area (Å²) in [5.74, 6) is 1.09. The van der Waals surface area contributed by atoms with Crippen LogP contribution in [-0.2, 0) is 39.8 Å². The third-order valence-corrected chi connectivity index (χ3v) is 15.8. The second kappa shape index (κ2) is 21.8. The molecule has 9 nitrogen and oxygen atoms in total. The summed E-state index contributed by atoms with van der Waals surface area (Å²) in [6.07, 6.45) is 3.32. The number of hydrogen-bond acceptors (Lipinski definition) is 9. The van der Waals surface area contributed by atoms with E-state index in [2.05, 4.69) is 89.9 Å². The lowest BCUT2D eigenvalue weighted by molar-refractivity contribution is -0.129. The molecule has 4 aromatic rings. The Hall–Kier alpha value is -4.66. The van der Waals surface area contributed by atoms with Crippen molar-refractivity contribution in [3.8, 4) is 17.2 Å². The van der Waals surface area contributed by atoms with E-state index in [1.165, 1.54) is 29.7 Å². The SMILES string of the molecule is CCC(CC)(c1ccc(OCC(=O)C(C)(C)C)c(C)c1)c1ccc(B2OC(C)(C)C(C)(C)O2)c(C)c1.CCC(CC)(c1ccc(OCC(=O)C(C)(C)C)c(C)c1)c1ccc(OS(=O)(=O)C(F)(F)F)c(C)c1. The molecule has 0 N–H and O–H groups in total. The number of ether oxygens (including phenoxy) is 2. The second-order valence-electron chi connectivity index (χ2n) is 22.1. The number of Topliss-reactive ketones (excluding diaryl/α,β-unsaturated/α-hetero) is 2. The van der Waals surface area contributed by atoms with Gasteiger partial charge < -0.3 is 23.0 Å². The first-order valence-electron chi connectivity index (χ1n) is 24.7. The molecule has 0 aliphatic carbocycles. The first-order chi connectivity index (χ1) is 32.6. The van der Waals surface area contributed by atoms with Gasteiger partial charge in [0.2, 0.25) is 0 Å². The Kier molecular flexibility index (Phi) is 18.1. The zero-order valence-corrected chi connectivity index (χ0v) is 46.3. The summed E-state index contributed by atoms with van der Waals surface area (Å²) in [5.41, 5.74) is 1.06. The Morgan fingerprint density at radius 2 is 0.845 bits per heavy atom. The highest BCUT2D eigenvalue weighted by Crippen LogP contribution is 2.44. The van der Waals surface area contributed by atoms with Crippen LogP contribution in [0.4, 0.5) is 13.2 Å². The Morgan fingerprint density at radius 1 is 0.535 bits per heavy atom. The molecule has 1 aliphatic heterocycles. The Bertz CT molecular complexity index is 2630. The molecule has 0 unspecified atom stereocenters. The number of ketones is 2. The van der Waals surface area contributed by atoms with Gasteiger partial charge >= 0.3 is 22.7 Å². The molecule has 390 valence electrons. The Labute approximate surface area is 423 Å². The number of halogens is 3. The van der Waals surface area contributed by atoms with Crippen molar-refractivity contribution in [3.63, 3.8) is 0 Å². The van der Waals surface area contributed by atoms with Gasteiger partial charge in [-0.2, -0.15) is 21.6 Å². The van der Waals surface area contributed by atoms with E-state index in [1.54, 1.807) is 12.1 Å². The number of carbonyl (C=O) groups is 2. The maximum absolute atomic E-state index is 12.7. The highest BCUT2D eigenvalue weighted by Gasteiger charge is 2.52. The Balaban J connectivity index is 0.000000309. The van der Waals surface area contributed by atoms with Gasteiger partial charge in [0, 0.05) is 21.7 Å². The number of hydrogen-bond donors (Lipinski definition) is 0. The van der Waals surface area contributed by atoms with Crippen molar-refractivity contribution in [3.05, 3.63) is 117 Å². The van der Waals surface area contributed by atoms with Gasteiger partial charge in [-0.1, -0.05) is 129 Å². The fraction of sp³-hybridized carbons (Fsp3) is 0.544. The van der Waals surface area contributed by atoms with Gasteiger partial charge in [-0.15, -0.1) is 0 Å². The zero-order valence-electron chi connectivity index (χ0n) is 45.5. The summed E-state index contributed by atoms with van der Waals surface area (Å²) in [7, 11) is -6.12. The van der Waals surface area contributed by atoms with E-state index in [0.717, 1.165) is 46.3 Å². The highest BCUT2D eigenvalue weighted by molar-refractivity contribution is 7.88. The molecule has 0 amide bonds. The summed E-state index contributed by atoms with van der Waals surface area (Å²) >= 11 is 0. The molecule has 1 heterocycles. The van der Waals surface area contributed by atoms with Gasteiger partial charge in [0.25, 0.3) is 0 Å². The van der Waals surface area contributed by atoms with E-state index < -0.39 is 31.9 Å². The minimum atomic E-state index is -5.75. The molecule has 0 aromatic heterocycles. The molecule has 71 heavy (non-hydrogen) atoms. The van der Waals surface area contributed by atoms with E-state index >= 15 is 0 Å². The fourth-order valence-corrected chi connectivity index (χ4v) is 9.34. The quantitative estimate of drug-likeness (QED) is 0.0579. The van der Waals surface area contributed by atoms with Crippen LogP contribution in [0.1, 0.15) is 167 Å². The van der Waals surface area contributed by atoms with Crippen molar-refractivity contribution in [1.82, 2.24) is 0 Å². The van der Waals surface area contributed by atoms with Crippen LogP contribution in [0.15, 0.2) is 72.8 Å². The van der Waals surface area contributed by atoms with E-state index in [9.17, 15) is 31.2 Å². The topological polar surface area (TPSA) is 114 Å². The van der Waals surface area contributed by atoms with Crippen LogP contribution in [-0.4, -0.2) is 57.0 Å². The van der Waals surface area contributed by atoms with Crippen LogP contribution < -0.4 is 19.1 Å². The molecule has 1 fully saturated rings. The highest BCUT2D eigenvalue weighted by atomic mass is 32.2. The van der Waals surface area contributed by atoms with E-state index in [1.807, 2.05) is 86.6 Å². The van der Waals surface area contributed by atoms with Crippen LogP contribution in [0.3, 0.4) is 0 Å². The average molecular weight is 1010 g/mol. The monoisotopic (exact) mass is 1010 g/mol. The summed E-state index contributed by atoms with van der Waals surface area (Å²) < 4.78 is 89.7. The number of benzene rings is 4. The van der Waals surface area contributed by atoms with Crippen LogP contribution >= 0.6 is 0 Å². The summed E-state index contributed by atoms with van der Waals surface area (Å²) in [6.45, 7) is 35.8. The lowest BCUT2D eigenvalue weighted by Gasteiger charge is -2.34. The molecule has 0 bridgehead atoms. The predicted octanol–water partition coefficient (Wildman–Crippen LogP) is 13.3. The first kappa shape index (κ1) is 58.9. The van der Waals surface area contributed by atoms with Gasteiger partial charge in [0.05, 0.1) is 11.2 Å². The van der Waals surface area contributed by atoms with Gasteiger partial charge in [-0.3, -0.25) is 9.59 Å². The zero-order chi connectivity index (χ0) is 53.9. The molecule has 4 aromatic carbocycles. The van der Waals surface area contributed by atoms with Gasteiger partial charge in [-0.25, -0.2) is 0 Å². The first-order valence-corrected chi connectivity index (χ1v) is 26.1. The maximum atomic E-state index is 12.7. The van der Waals surface area contributed by atoms with E-state index in [0.29, 0.717) is 18.6 Å². The number of alkyl halides is 3. The lowest BCUT2D eigenvalue weighted by atomic mass is 9.68. The number of rotatable bonds is 17. The molecule has 14 heteroatoms. The number of aryl methyl sites for hydroxylation is 4. The van der Waals surface area contributed by atoms with Crippen LogP contribution in [0.25, 0.3) is 0 Å². The van der Waals surface area contributed by atoms with Crippen LogP contribution in [0, 0.1) is 38.5 Å². The smallest absolute Gasteiger partial charge is 0.486 e. The summed E-state index contributed by atoms with van der Waals surface area (Å²) in [5, 5.41) is 0. The molecule has 1 aliphatic rings. The largest absolute Gasteiger partial charge is 0.534 e. The molecular formula is C57H78BF3O9S. The van der Waals surface area contributed by atoms with Crippen molar-refractivity contribution < 1.29 is 54.1 Å². The number of carbonyl (C=O) groups excluding carboxylic acids is 2. The van der Waals surface area contributed by atoms with E-state index in [4.69, 9.17) is 18.8 Å². The van der Waals surface area contributed by atoms with Crippen LogP contribution in [0.2, 0.25) is 0 Å². The van der Waals surface area contributed by atoms with Crippen molar-refractivity contribution in [2.45, 2.75) is 178 Å². The summed E-state index contributed by atoms with van der Waals surface area (Å²) in [6, 6.07) is 23.4. The minimum absolute atomic E-state index is 0.0113. The minimum Gasteiger partial charge on any atom is -0.486 e.